The van der Waals surface area contributed by atoms with Gasteiger partial charge in [0.05, 0.1) is 10.7 Å². The topological polar surface area (TPSA) is 66.8 Å². The molecule has 0 aliphatic carbocycles. The number of aliphatic carboxylic acids is 1. The number of phenols is 1. The van der Waals surface area contributed by atoms with Crippen molar-refractivity contribution in [3.8, 4) is 11.5 Å². The van der Waals surface area contributed by atoms with Gasteiger partial charge in [0.25, 0.3) is 0 Å². The Kier molecular flexibility index (Phi) is 5.15. The smallest absolute Gasteiger partial charge is 0.341 e. The minimum atomic E-state index is -1.04. The van der Waals surface area contributed by atoms with E-state index in [4.69, 9.17) is 9.84 Å². The Labute approximate surface area is 127 Å². The molecule has 0 heterocycles. The Bertz CT molecular complexity index is 405. The second-order valence-electron chi connectivity index (χ2n) is 2.51. The lowest BCUT2D eigenvalue weighted by molar-refractivity contribution is -0.139. The maximum Gasteiger partial charge on any atom is 0.341 e. The highest BCUT2D eigenvalue weighted by atomic mass is 127. The molecule has 0 amide bonds. The first-order valence-electron chi connectivity index (χ1n) is 3.64. The Balaban J connectivity index is 3.07. The molecule has 7 heteroatoms. The van der Waals surface area contributed by atoms with Crippen molar-refractivity contribution in [2.75, 3.05) is 6.61 Å². The average molecular weight is 546 g/mol. The van der Waals surface area contributed by atoms with E-state index in [0.29, 0.717) is 12.9 Å². The molecule has 0 aliphatic heterocycles. The van der Waals surface area contributed by atoms with Crippen LogP contribution in [0.25, 0.3) is 0 Å². The molecule has 0 aromatic heterocycles. The number of phenolic OH excluding ortho intramolecular Hbond substituents is 1. The first kappa shape index (κ1) is 13.5. The first-order valence-corrected chi connectivity index (χ1v) is 6.88. The summed E-state index contributed by atoms with van der Waals surface area (Å²) in [5, 5.41) is 18.1. The molecule has 0 atom stereocenters. The molecule has 0 radical (unpaired) electrons. The van der Waals surface area contributed by atoms with Gasteiger partial charge < -0.3 is 14.9 Å². The van der Waals surface area contributed by atoms with Gasteiger partial charge in [-0.1, -0.05) is 0 Å². The molecule has 1 aromatic rings. The highest BCUT2D eigenvalue weighted by molar-refractivity contribution is 14.1. The number of halogens is 3. The molecule has 1 rings (SSSR count). The van der Waals surface area contributed by atoms with Crippen LogP contribution < -0.4 is 4.74 Å². The van der Waals surface area contributed by atoms with Crippen LogP contribution in [-0.2, 0) is 4.79 Å². The summed E-state index contributed by atoms with van der Waals surface area (Å²) < 4.78 is 7.11. The van der Waals surface area contributed by atoms with Crippen LogP contribution in [0.4, 0.5) is 0 Å². The molecule has 0 saturated carbocycles. The van der Waals surface area contributed by atoms with Crippen LogP contribution in [-0.4, -0.2) is 22.8 Å². The zero-order valence-corrected chi connectivity index (χ0v) is 13.6. The van der Waals surface area contributed by atoms with Gasteiger partial charge in [-0.2, -0.15) is 0 Å². The van der Waals surface area contributed by atoms with Gasteiger partial charge in [0.15, 0.2) is 12.4 Å². The molecule has 0 spiro atoms. The highest BCUT2D eigenvalue weighted by Crippen LogP contribution is 2.37. The number of carboxylic acid groups (broad SMARTS) is 1. The molecule has 15 heavy (non-hydrogen) atoms. The summed E-state index contributed by atoms with van der Waals surface area (Å²) in [5.74, 6) is -0.506. The summed E-state index contributed by atoms with van der Waals surface area (Å²) >= 11 is 5.96. The van der Waals surface area contributed by atoms with Crippen molar-refractivity contribution in [3.63, 3.8) is 0 Å². The zero-order valence-electron chi connectivity index (χ0n) is 7.13. The fraction of sp³-hybridized carbons (Fsp3) is 0.125. The van der Waals surface area contributed by atoms with E-state index in [1.54, 1.807) is 6.07 Å². The lowest BCUT2D eigenvalue weighted by Crippen LogP contribution is -2.11. The second kappa shape index (κ2) is 5.70. The molecular formula is C8H5I3O4. The molecule has 1 aromatic carbocycles. The predicted octanol–water partition coefficient (Wildman–Crippen LogP) is 2.67. The van der Waals surface area contributed by atoms with Gasteiger partial charge in [-0.15, -0.1) is 0 Å². The summed E-state index contributed by atoms with van der Waals surface area (Å²) in [4.78, 5) is 10.4. The SMILES string of the molecule is O=C(O)COc1c(I)cc(I)c(O)c1I. The number of aromatic hydroxyl groups is 1. The number of hydrogen-bond donors (Lipinski definition) is 2. The van der Waals surface area contributed by atoms with E-state index in [-0.39, 0.29) is 5.75 Å². The van der Waals surface area contributed by atoms with Crippen molar-refractivity contribution in [1.29, 1.82) is 0 Å². The van der Waals surface area contributed by atoms with Crippen LogP contribution in [0.1, 0.15) is 0 Å². The van der Waals surface area contributed by atoms with Gasteiger partial charge in [-0.3, -0.25) is 0 Å². The zero-order chi connectivity index (χ0) is 11.6. The van der Waals surface area contributed by atoms with Crippen LogP contribution >= 0.6 is 67.8 Å². The van der Waals surface area contributed by atoms with E-state index in [2.05, 4.69) is 0 Å². The monoisotopic (exact) mass is 546 g/mol. The number of hydrogen-bond acceptors (Lipinski definition) is 3. The quantitative estimate of drug-likeness (QED) is 0.574. The second-order valence-corrected chi connectivity index (χ2v) is 5.92. The maximum atomic E-state index is 10.4. The molecule has 4 nitrogen and oxygen atoms in total. The molecule has 0 unspecified atom stereocenters. The number of ether oxygens (including phenoxy) is 1. The van der Waals surface area contributed by atoms with Gasteiger partial charge in [-0.05, 0) is 73.8 Å². The maximum absolute atomic E-state index is 10.4. The minimum absolute atomic E-state index is 0.122. The molecule has 2 N–H and O–H groups in total. The molecular weight excluding hydrogens is 541 g/mol. The van der Waals surface area contributed by atoms with E-state index in [9.17, 15) is 9.90 Å². The Morgan fingerprint density at radius 1 is 1.33 bits per heavy atom. The Morgan fingerprint density at radius 3 is 2.47 bits per heavy atom. The van der Waals surface area contributed by atoms with E-state index < -0.39 is 12.6 Å². The van der Waals surface area contributed by atoms with Gasteiger partial charge in [0.2, 0.25) is 0 Å². The molecule has 82 valence electrons. The fourth-order valence-corrected chi connectivity index (χ4v) is 4.51. The number of benzene rings is 1. The van der Waals surface area contributed by atoms with Crippen molar-refractivity contribution >= 4 is 73.7 Å². The normalized spacial score (nSPS) is 10.1. The molecule has 0 fully saturated rings. The molecule has 0 saturated heterocycles. The van der Waals surface area contributed by atoms with Crippen molar-refractivity contribution in [3.05, 3.63) is 16.8 Å². The Hall–Kier alpha value is 0.480. The fourth-order valence-electron chi connectivity index (χ4n) is 0.829. The van der Waals surface area contributed by atoms with Crippen LogP contribution in [0, 0.1) is 10.7 Å². The lowest BCUT2D eigenvalue weighted by Gasteiger charge is -2.10. The third-order valence-corrected chi connectivity index (χ3v) is 4.07. The van der Waals surface area contributed by atoms with Gasteiger partial charge in [0.1, 0.15) is 5.75 Å². The van der Waals surface area contributed by atoms with Gasteiger partial charge >= 0.3 is 5.97 Å². The third-order valence-electron chi connectivity index (χ3n) is 1.44. The summed E-state index contributed by atoms with van der Waals surface area (Å²) in [5.41, 5.74) is 0. The van der Waals surface area contributed by atoms with E-state index in [1.165, 1.54) is 0 Å². The number of carbonyl (C=O) groups is 1. The standard InChI is InChI=1S/C8H5I3O4/c9-3-1-4(10)8(6(11)7(3)14)15-2-5(12)13/h1,14H,2H2,(H,12,13). The number of rotatable bonds is 3. The molecule has 0 bridgehead atoms. The van der Waals surface area contributed by atoms with E-state index in [1.807, 2.05) is 67.8 Å². The van der Waals surface area contributed by atoms with Crippen molar-refractivity contribution in [2.45, 2.75) is 0 Å². The number of carboxylic acids is 1. The van der Waals surface area contributed by atoms with E-state index in [0.717, 1.165) is 3.57 Å². The predicted molar refractivity (Wildman–Crippen MR) is 79.4 cm³/mol. The summed E-state index contributed by atoms with van der Waals surface area (Å²) in [6.07, 6.45) is 0. The summed E-state index contributed by atoms with van der Waals surface area (Å²) in [7, 11) is 0. The first-order chi connectivity index (χ1) is 6.93. The van der Waals surface area contributed by atoms with Crippen LogP contribution in [0.15, 0.2) is 6.07 Å². The van der Waals surface area contributed by atoms with Crippen LogP contribution in [0.3, 0.4) is 0 Å². The van der Waals surface area contributed by atoms with Crippen molar-refractivity contribution in [2.24, 2.45) is 0 Å². The van der Waals surface area contributed by atoms with Crippen LogP contribution in [0.2, 0.25) is 0 Å². The summed E-state index contributed by atoms with van der Waals surface area (Å²) in [6.45, 7) is -0.411. The Morgan fingerprint density at radius 2 is 1.93 bits per heavy atom. The minimum Gasteiger partial charge on any atom is -0.506 e. The largest absolute Gasteiger partial charge is 0.506 e. The third kappa shape index (κ3) is 3.47. The highest BCUT2D eigenvalue weighted by Gasteiger charge is 2.15. The van der Waals surface area contributed by atoms with Crippen molar-refractivity contribution in [1.82, 2.24) is 0 Å². The van der Waals surface area contributed by atoms with Crippen molar-refractivity contribution < 1.29 is 19.7 Å². The lowest BCUT2D eigenvalue weighted by atomic mass is 10.3. The molecule has 0 aliphatic rings. The van der Waals surface area contributed by atoms with Gasteiger partial charge in [-0.25, -0.2) is 4.79 Å². The van der Waals surface area contributed by atoms with Gasteiger partial charge in [0, 0.05) is 0 Å². The van der Waals surface area contributed by atoms with Crippen LogP contribution in [0.5, 0.6) is 11.5 Å². The van der Waals surface area contributed by atoms with E-state index >= 15 is 0 Å². The summed E-state index contributed by atoms with van der Waals surface area (Å²) in [6, 6.07) is 1.73. The average Bonchev–Trinajstić information content (AvgIpc) is 2.14.